The highest BCUT2D eigenvalue weighted by Gasteiger charge is 2.10. The first-order chi connectivity index (χ1) is 16.1. The summed E-state index contributed by atoms with van der Waals surface area (Å²) in [4.78, 5) is 11.8. The number of carbonyl (C=O) groups is 1. The quantitative estimate of drug-likeness (QED) is 0.174. The number of anilines is 1. The lowest BCUT2D eigenvalue weighted by molar-refractivity contribution is 0.112. The highest BCUT2D eigenvalue weighted by Crippen LogP contribution is 2.34. The van der Waals surface area contributed by atoms with Gasteiger partial charge in [-0.2, -0.15) is 0 Å². The van der Waals surface area contributed by atoms with E-state index in [9.17, 15) is 4.79 Å². The Labute approximate surface area is 199 Å². The lowest BCUT2D eigenvalue weighted by Gasteiger charge is -2.07. The molecule has 0 bridgehead atoms. The number of aldehydes is 1. The maximum atomic E-state index is 10.8. The van der Waals surface area contributed by atoms with Crippen LogP contribution < -0.4 is 14.9 Å². The van der Waals surface area contributed by atoms with Crippen LogP contribution in [0.5, 0.6) is 5.75 Å². The van der Waals surface area contributed by atoms with Crippen LogP contribution in [0.2, 0.25) is 0 Å². The van der Waals surface area contributed by atoms with Gasteiger partial charge < -0.3 is 19.2 Å². The van der Waals surface area contributed by atoms with Crippen molar-refractivity contribution in [3.63, 3.8) is 0 Å². The third-order valence-corrected chi connectivity index (χ3v) is 5.54. The number of benzene rings is 3. The summed E-state index contributed by atoms with van der Waals surface area (Å²) in [6.45, 7) is 4.00. The fraction of sp³-hybridized carbons (Fsp3) is 0.192. The number of ether oxygens (including phenoxy) is 1. The maximum absolute atomic E-state index is 10.8. The van der Waals surface area contributed by atoms with E-state index in [2.05, 4.69) is 52.9 Å². The Balaban J connectivity index is 0.000000714. The Kier molecular flexibility index (Phi) is 10.5. The number of hydrogen-bond donors (Lipinski definition) is 3. The van der Waals surface area contributed by atoms with E-state index < -0.39 is 0 Å². The molecule has 0 aliphatic heterocycles. The summed E-state index contributed by atoms with van der Waals surface area (Å²) in [7, 11) is 5.17. The fourth-order valence-corrected chi connectivity index (χ4v) is 3.82. The van der Waals surface area contributed by atoms with E-state index in [-0.39, 0.29) is 0 Å². The van der Waals surface area contributed by atoms with Crippen LogP contribution in [0.3, 0.4) is 0 Å². The standard InChI is InChI=1S/C23H20N2O2S.C2H6.CH5NO/c1-25-14-22(17-5-8-19(27-2)9-6-17)21-13-18(7-12-23(21)25)24-28-20-10-3-16(15-26)4-11-20;1-2;1-2-3/h3-15,24H,1-2H3;1-2H3;2-3H,1H3. The molecule has 7 heteroatoms. The number of fused-ring (bicyclic) bond motifs is 1. The average molecular weight is 466 g/mol. The van der Waals surface area contributed by atoms with Gasteiger partial charge in [-0.1, -0.05) is 38.1 Å². The number of aromatic nitrogens is 1. The van der Waals surface area contributed by atoms with Gasteiger partial charge in [-0.05, 0) is 60.0 Å². The fourth-order valence-electron chi connectivity index (χ4n) is 3.19. The van der Waals surface area contributed by atoms with Crippen LogP contribution in [0.25, 0.3) is 22.0 Å². The second-order valence-corrected chi connectivity index (χ2v) is 7.61. The Morgan fingerprint density at radius 1 is 1.00 bits per heavy atom. The zero-order valence-electron chi connectivity index (χ0n) is 19.6. The smallest absolute Gasteiger partial charge is 0.150 e. The van der Waals surface area contributed by atoms with Gasteiger partial charge in [0.2, 0.25) is 0 Å². The van der Waals surface area contributed by atoms with Gasteiger partial charge in [0.25, 0.3) is 0 Å². The van der Waals surface area contributed by atoms with Gasteiger partial charge in [0.05, 0.1) is 7.11 Å². The molecule has 3 N–H and O–H groups in total. The second kappa shape index (κ2) is 13.3. The van der Waals surface area contributed by atoms with E-state index >= 15 is 0 Å². The van der Waals surface area contributed by atoms with Crippen LogP contribution in [-0.2, 0) is 7.05 Å². The molecule has 33 heavy (non-hydrogen) atoms. The van der Waals surface area contributed by atoms with E-state index in [4.69, 9.17) is 9.94 Å². The van der Waals surface area contributed by atoms with Crippen molar-refractivity contribution in [2.24, 2.45) is 7.05 Å². The van der Waals surface area contributed by atoms with Crippen molar-refractivity contribution in [2.75, 3.05) is 18.9 Å². The van der Waals surface area contributed by atoms with Crippen molar-refractivity contribution < 1.29 is 14.7 Å². The minimum Gasteiger partial charge on any atom is -0.497 e. The zero-order valence-corrected chi connectivity index (χ0v) is 20.4. The molecule has 4 rings (SSSR count). The zero-order chi connectivity index (χ0) is 24.2. The summed E-state index contributed by atoms with van der Waals surface area (Å²) in [5.74, 6) is 0.850. The molecule has 0 aliphatic rings. The first-order valence-electron chi connectivity index (χ1n) is 10.6. The highest BCUT2D eigenvalue weighted by atomic mass is 32.2. The Hall–Kier alpha value is -3.26. The summed E-state index contributed by atoms with van der Waals surface area (Å²) in [6.07, 6.45) is 3.01. The number of hydroxylamine groups is 1. The predicted octanol–water partition coefficient (Wildman–Crippen LogP) is 6.41. The van der Waals surface area contributed by atoms with Gasteiger partial charge in [0.15, 0.2) is 0 Å². The lowest BCUT2D eigenvalue weighted by atomic mass is 10.0. The summed E-state index contributed by atoms with van der Waals surface area (Å²) in [5, 5.41) is 8.51. The van der Waals surface area contributed by atoms with E-state index in [1.165, 1.54) is 35.5 Å². The lowest BCUT2D eigenvalue weighted by Crippen LogP contribution is -1.91. The summed E-state index contributed by atoms with van der Waals surface area (Å²) < 4.78 is 10.8. The number of aryl methyl sites for hydroxylation is 1. The Morgan fingerprint density at radius 3 is 2.21 bits per heavy atom. The van der Waals surface area contributed by atoms with Gasteiger partial charge in [0.1, 0.15) is 12.0 Å². The molecule has 174 valence electrons. The van der Waals surface area contributed by atoms with Crippen LogP contribution in [0.4, 0.5) is 5.69 Å². The van der Waals surface area contributed by atoms with Crippen molar-refractivity contribution in [3.8, 4) is 16.9 Å². The molecular formula is C26H31N3O3S. The van der Waals surface area contributed by atoms with Crippen LogP contribution in [0.15, 0.2) is 77.8 Å². The van der Waals surface area contributed by atoms with Gasteiger partial charge in [-0.3, -0.25) is 4.79 Å². The molecule has 0 amide bonds. The predicted molar refractivity (Wildman–Crippen MR) is 138 cm³/mol. The molecule has 6 nitrogen and oxygen atoms in total. The topological polar surface area (TPSA) is 75.5 Å². The van der Waals surface area contributed by atoms with Crippen molar-refractivity contribution in [3.05, 3.63) is 78.5 Å². The molecule has 1 aromatic heterocycles. The third-order valence-electron chi connectivity index (χ3n) is 4.69. The number of nitrogens with zero attached hydrogens (tertiary/aromatic N) is 1. The van der Waals surface area contributed by atoms with E-state index in [1.807, 2.05) is 50.2 Å². The number of rotatable bonds is 6. The number of carbonyl (C=O) groups excluding carboxylic acids is 1. The van der Waals surface area contributed by atoms with E-state index in [0.717, 1.165) is 28.2 Å². The molecule has 0 aliphatic carbocycles. The molecule has 4 aromatic rings. The van der Waals surface area contributed by atoms with Crippen LogP contribution >= 0.6 is 11.9 Å². The molecule has 0 unspecified atom stereocenters. The third kappa shape index (κ3) is 6.86. The molecule has 0 radical (unpaired) electrons. The summed E-state index contributed by atoms with van der Waals surface area (Å²) >= 11 is 1.53. The molecule has 0 saturated heterocycles. The molecule has 3 aromatic carbocycles. The van der Waals surface area contributed by atoms with Gasteiger partial charge >= 0.3 is 0 Å². The maximum Gasteiger partial charge on any atom is 0.150 e. The summed E-state index contributed by atoms with van der Waals surface area (Å²) in [5.41, 5.74) is 6.97. The number of nitrogens with one attached hydrogen (secondary N) is 2. The van der Waals surface area contributed by atoms with Gasteiger partial charge in [-0.25, -0.2) is 5.48 Å². The van der Waals surface area contributed by atoms with Crippen LogP contribution in [-0.4, -0.2) is 30.2 Å². The Bertz CT molecular complexity index is 1140. The molecule has 1 heterocycles. The van der Waals surface area contributed by atoms with Gasteiger partial charge in [-0.15, -0.1) is 0 Å². The molecule has 0 saturated carbocycles. The van der Waals surface area contributed by atoms with Crippen molar-refractivity contribution >= 4 is 34.8 Å². The highest BCUT2D eigenvalue weighted by molar-refractivity contribution is 8.00. The SMILES string of the molecule is CC.CNO.COc1ccc(-c2cn(C)c3ccc(NSc4ccc(C=O)cc4)cc23)cc1. The number of hydrogen-bond acceptors (Lipinski definition) is 6. The minimum atomic E-state index is 0.680. The monoisotopic (exact) mass is 465 g/mol. The van der Waals surface area contributed by atoms with Gasteiger partial charge in [0, 0.05) is 52.9 Å². The molecule has 0 atom stereocenters. The van der Waals surface area contributed by atoms with E-state index in [1.54, 1.807) is 12.6 Å². The van der Waals surface area contributed by atoms with Crippen molar-refractivity contribution in [1.82, 2.24) is 10.0 Å². The minimum absolute atomic E-state index is 0.680. The normalized spacial score (nSPS) is 9.88. The molecule has 0 fully saturated rings. The second-order valence-electron chi connectivity index (χ2n) is 6.73. The Morgan fingerprint density at radius 2 is 1.64 bits per heavy atom. The first-order valence-corrected chi connectivity index (χ1v) is 11.4. The van der Waals surface area contributed by atoms with Crippen LogP contribution in [0, 0.1) is 0 Å². The first kappa shape index (κ1) is 26.0. The largest absolute Gasteiger partial charge is 0.497 e. The van der Waals surface area contributed by atoms with E-state index in [0.29, 0.717) is 5.56 Å². The molecular weight excluding hydrogens is 434 g/mol. The summed E-state index contributed by atoms with van der Waals surface area (Å²) in [6, 6.07) is 22.0. The number of methoxy groups -OCH3 is 1. The van der Waals surface area contributed by atoms with Crippen molar-refractivity contribution in [1.29, 1.82) is 0 Å². The molecule has 0 spiro atoms. The van der Waals surface area contributed by atoms with Crippen LogP contribution in [0.1, 0.15) is 24.2 Å². The van der Waals surface area contributed by atoms with Crippen molar-refractivity contribution in [2.45, 2.75) is 18.7 Å². The average Bonchev–Trinajstić information content (AvgIpc) is 3.20.